The van der Waals surface area contributed by atoms with E-state index in [4.69, 9.17) is 0 Å². The van der Waals surface area contributed by atoms with Crippen molar-refractivity contribution in [2.24, 2.45) is 5.92 Å². The average molecular weight is 312 g/mol. The predicted octanol–water partition coefficient (Wildman–Crippen LogP) is 1.38. The molecule has 1 atom stereocenters. The molecular formula is C13H27Cl2N3O. The van der Waals surface area contributed by atoms with Gasteiger partial charge in [-0.3, -0.25) is 9.69 Å². The monoisotopic (exact) mass is 311 g/mol. The zero-order valence-corrected chi connectivity index (χ0v) is 13.6. The van der Waals surface area contributed by atoms with Crippen molar-refractivity contribution in [1.82, 2.24) is 15.1 Å². The number of rotatable bonds is 3. The Morgan fingerprint density at radius 1 is 1.21 bits per heavy atom. The molecular weight excluding hydrogens is 285 g/mol. The Morgan fingerprint density at radius 3 is 2.32 bits per heavy atom. The first-order valence-corrected chi connectivity index (χ1v) is 6.91. The minimum absolute atomic E-state index is 0. The molecule has 2 aliphatic heterocycles. The van der Waals surface area contributed by atoms with Gasteiger partial charge in [0.05, 0.1) is 6.04 Å². The Bertz CT molecular complexity index is 263. The molecule has 1 unspecified atom stereocenters. The first kappa shape index (κ1) is 19.0. The summed E-state index contributed by atoms with van der Waals surface area (Å²) < 4.78 is 0. The van der Waals surface area contributed by atoms with Gasteiger partial charge in [0.1, 0.15) is 0 Å². The highest BCUT2D eigenvalue weighted by Crippen LogP contribution is 2.11. The highest BCUT2D eigenvalue weighted by atomic mass is 35.5. The molecule has 0 bridgehead atoms. The smallest absolute Gasteiger partial charge is 0.239 e. The largest absolute Gasteiger partial charge is 0.339 e. The number of hydrogen-bond acceptors (Lipinski definition) is 3. The van der Waals surface area contributed by atoms with Crippen molar-refractivity contribution in [1.29, 1.82) is 0 Å². The summed E-state index contributed by atoms with van der Waals surface area (Å²) in [4.78, 5) is 16.7. The van der Waals surface area contributed by atoms with Gasteiger partial charge in [-0.1, -0.05) is 13.8 Å². The van der Waals surface area contributed by atoms with Crippen LogP contribution >= 0.6 is 24.8 Å². The van der Waals surface area contributed by atoms with Crippen LogP contribution in [-0.2, 0) is 4.79 Å². The van der Waals surface area contributed by atoms with Crippen LogP contribution in [0.3, 0.4) is 0 Å². The fraction of sp³-hybridized carbons (Fsp3) is 0.923. The van der Waals surface area contributed by atoms with Crippen LogP contribution in [0.25, 0.3) is 0 Å². The molecule has 0 radical (unpaired) electrons. The maximum absolute atomic E-state index is 12.2. The molecule has 2 heterocycles. The molecule has 2 aliphatic rings. The molecule has 2 saturated heterocycles. The van der Waals surface area contributed by atoms with E-state index in [1.54, 1.807) is 0 Å². The van der Waals surface area contributed by atoms with Gasteiger partial charge in [-0.2, -0.15) is 0 Å². The molecule has 2 rings (SSSR count). The summed E-state index contributed by atoms with van der Waals surface area (Å²) in [6, 6.07) is 0.103. The van der Waals surface area contributed by atoms with Crippen LogP contribution < -0.4 is 5.32 Å². The number of piperazine rings is 1. The average Bonchev–Trinajstić information content (AvgIpc) is 2.82. The molecule has 0 saturated carbocycles. The minimum atomic E-state index is 0. The van der Waals surface area contributed by atoms with Gasteiger partial charge in [0.25, 0.3) is 0 Å². The zero-order valence-electron chi connectivity index (χ0n) is 11.9. The van der Waals surface area contributed by atoms with E-state index in [-0.39, 0.29) is 30.9 Å². The number of nitrogens with zero attached hydrogens (tertiary/aromatic N) is 2. The maximum atomic E-state index is 12.2. The molecule has 1 amide bonds. The highest BCUT2D eigenvalue weighted by Gasteiger charge is 2.29. The van der Waals surface area contributed by atoms with Gasteiger partial charge in [0.15, 0.2) is 0 Å². The molecule has 2 fully saturated rings. The van der Waals surface area contributed by atoms with E-state index in [0.29, 0.717) is 11.8 Å². The van der Waals surface area contributed by atoms with Gasteiger partial charge in [-0.05, 0) is 25.3 Å². The summed E-state index contributed by atoms with van der Waals surface area (Å²) in [6.07, 6.45) is 2.16. The molecule has 6 heteroatoms. The van der Waals surface area contributed by atoms with E-state index in [9.17, 15) is 4.79 Å². The Kier molecular flexibility index (Phi) is 8.99. The SMILES string of the molecule is CC(C)CN1CCN(C(=O)C2CCCN2)CC1.Cl.Cl. The van der Waals surface area contributed by atoms with Gasteiger partial charge in [0.2, 0.25) is 5.91 Å². The lowest BCUT2D eigenvalue weighted by Gasteiger charge is -2.36. The van der Waals surface area contributed by atoms with Gasteiger partial charge >= 0.3 is 0 Å². The van der Waals surface area contributed by atoms with E-state index in [1.165, 1.54) is 0 Å². The summed E-state index contributed by atoms with van der Waals surface area (Å²) in [7, 11) is 0. The van der Waals surface area contributed by atoms with Gasteiger partial charge in [-0.15, -0.1) is 24.8 Å². The van der Waals surface area contributed by atoms with Crippen molar-refractivity contribution >= 4 is 30.7 Å². The highest BCUT2D eigenvalue weighted by molar-refractivity contribution is 5.85. The number of halogens is 2. The Labute approximate surface area is 129 Å². The fourth-order valence-electron chi connectivity index (χ4n) is 2.78. The summed E-state index contributed by atoms with van der Waals surface area (Å²) in [5.41, 5.74) is 0. The van der Waals surface area contributed by atoms with E-state index >= 15 is 0 Å². The number of nitrogens with one attached hydrogen (secondary N) is 1. The van der Waals surface area contributed by atoms with Crippen LogP contribution in [-0.4, -0.2) is 61.0 Å². The maximum Gasteiger partial charge on any atom is 0.239 e. The third kappa shape index (κ3) is 5.46. The molecule has 0 spiro atoms. The van der Waals surface area contributed by atoms with Gasteiger partial charge in [0, 0.05) is 32.7 Å². The standard InChI is InChI=1S/C13H25N3O.2ClH/c1-11(2)10-15-6-8-16(9-7-15)13(17)12-4-3-5-14-12;;/h11-12,14H,3-10H2,1-2H3;2*1H. The fourth-order valence-corrected chi connectivity index (χ4v) is 2.78. The van der Waals surface area contributed by atoms with Crippen molar-refractivity contribution in [3.8, 4) is 0 Å². The predicted molar refractivity (Wildman–Crippen MR) is 83.4 cm³/mol. The molecule has 19 heavy (non-hydrogen) atoms. The van der Waals surface area contributed by atoms with Crippen molar-refractivity contribution in [3.63, 3.8) is 0 Å². The third-order valence-electron chi connectivity index (χ3n) is 3.67. The Hall–Kier alpha value is -0.0300. The molecule has 0 aromatic carbocycles. The zero-order chi connectivity index (χ0) is 12.3. The van der Waals surface area contributed by atoms with Crippen LogP contribution in [0.5, 0.6) is 0 Å². The van der Waals surface area contributed by atoms with E-state index in [1.807, 2.05) is 4.90 Å². The number of hydrogen-bond donors (Lipinski definition) is 1. The normalized spacial score (nSPS) is 23.9. The van der Waals surface area contributed by atoms with Gasteiger partial charge in [-0.25, -0.2) is 0 Å². The summed E-state index contributed by atoms with van der Waals surface area (Å²) in [5.74, 6) is 1.04. The van der Waals surface area contributed by atoms with Crippen LogP contribution in [0.1, 0.15) is 26.7 Å². The second kappa shape index (κ2) is 9.01. The second-order valence-corrected chi connectivity index (χ2v) is 5.67. The van der Waals surface area contributed by atoms with Crippen molar-refractivity contribution in [3.05, 3.63) is 0 Å². The second-order valence-electron chi connectivity index (χ2n) is 5.67. The lowest BCUT2D eigenvalue weighted by Crippen LogP contribution is -2.53. The lowest BCUT2D eigenvalue weighted by atomic mass is 10.1. The molecule has 0 aromatic rings. The summed E-state index contributed by atoms with van der Waals surface area (Å²) in [6.45, 7) is 10.5. The molecule has 114 valence electrons. The van der Waals surface area contributed by atoms with Crippen molar-refractivity contribution in [2.75, 3.05) is 39.3 Å². The number of carbonyl (C=O) groups excluding carboxylic acids is 1. The summed E-state index contributed by atoms with van der Waals surface area (Å²) >= 11 is 0. The third-order valence-corrected chi connectivity index (χ3v) is 3.67. The lowest BCUT2D eigenvalue weighted by molar-refractivity contribution is -0.134. The first-order valence-electron chi connectivity index (χ1n) is 6.91. The Balaban J connectivity index is 0.00000162. The quantitative estimate of drug-likeness (QED) is 0.855. The van der Waals surface area contributed by atoms with Crippen molar-refractivity contribution < 1.29 is 4.79 Å². The topological polar surface area (TPSA) is 35.6 Å². The summed E-state index contributed by atoms with van der Waals surface area (Å²) in [5, 5.41) is 3.29. The van der Waals surface area contributed by atoms with Crippen LogP contribution in [0.4, 0.5) is 0 Å². The van der Waals surface area contributed by atoms with Gasteiger partial charge < -0.3 is 10.2 Å². The van der Waals surface area contributed by atoms with E-state index in [0.717, 1.165) is 52.1 Å². The van der Waals surface area contributed by atoms with E-state index < -0.39 is 0 Å². The number of amides is 1. The minimum Gasteiger partial charge on any atom is -0.339 e. The van der Waals surface area contributed by atoms with Crippen LogP contribution in [0.2, 0.25) is 0 Å². The molecule has 0 aromatic heterocycles. The molecule has 4 nitrogen and oxygen atoms in total. The first-order chi connectivity index (χ1) is 8.16. The number of carbonyl (C=O) groups is 1. The van der Waals surface area contributed by atoms with Crippen LogP contribution in [0, 0.1) is 5.92 Å². The van der Waals surface area contributed by atoms with E-state index in [2.05, 4.69) is 24.1 Å². The Morgan fingerprint density at radius 2 is 1.84 bits per heavy atom. The van der Waals surface area contributed by atoms with Crippen LogP contribution in [0.15, 0.2) is 0 Å². The molecule has 1 N–H and O–H groups in total. The van der Waals surface area contributed by atoms with Crippen molar-refractivity contribution in [2.45, 2.75) is 32.7 Å². The molecule has 0 aliphatic carbocycles.